The maximum Gasteiger partial charge on any atom is 0.328 e. The van der Waals surface area contributed by atoms with Crippen LogP contribution in [-0.2, 0) is 20.7 Å². The molecule has 0 radical (unpaired) electrons. The third-order valence-corrected chi connectivity index (χ3v) is 7.36. The second kappa shape index (κ2) is 7.28. The molecule has 3 atom stereocenters. The molecule has 3 aliphatic rings. The SMILES string of the molecule is C[C@@H]1CN2c3c(cc4c(-c5ccccc5)noc4c3Cl)CC3(C(=O)NC(=O)NC3=O)[C@H]2[C@H](C)O1. The molecule has 1 spiro atoms. The number of ether oxygens (including phenoxy) is 1. The molecular weight excluding hydrogens is 460 g/mol. The molecule has 2 aromatic carbocycles. The van der Waals surface area contributed by atoms with Crippen LogP contribution in [0.1, 0.15) is 19.4 Å². The average Bonchev–Trinajstić information content (AvgIpc) is 3.21. The number of imide groups is 2. The Morgan fingerprint density at radius 3 is 2.53 bits per heavy atom. The molecule has 34 heavy (non-hydrogen) atoms. The number of nitrogens with zero attached hydrogens (tertiary/aromatic N) is 2. The monoisotopic (exact) mass is 480 g/mol. The number of fused-ring (bicyclic) bond motifs is 5. The van der Waals surface area contributed by atoms with E-state index in [9.17, 15) is 14.4 Å². The van der Waals surface area contributed by atoms with Crippen molar-refractivity contribution in [3.8, 4) is 11.3 Å². The minimum Gasteiger partial charge on any atom is -0.372 e. The number of rotatable bonds is 1. The Bertz CT molecular complexity index is 1350. The van der Waals surface area contributed by atoms with Gasteiger partial charge in [-0.15, -0.1) is 0 Å². The predicted octanol–water partition coefficient (Wildman–Crippen LogP) is 3.04. The molecule has 3 aliphatic heterocycles. The summed E-state index contributed by atoms with van der Waals surface area (Å²) in [7, 11) is 0. The van der Waals surface area contributed by atoms with Gasteiger partial charge in [0.15, 0.2) is 11.0 Å². The van der Waals surface area contributed by atoms with Crippen molar-refractivity contribution < 1.29 is 23.6 Å². The average molecular weight is 481 g/mol. The van der Waals surface area contributed by atoms with Crippen LogP contribution in [0.2, 0.25) is 5.02 Å². The topological polar surface area (TPSA) is 114 Å². The minimum absolute atomic E-state index is 0.0472. The first-order valence-electron chi connectivity index (χ1n) is 11.1. The first-order chi connectivity index (χ1) is 16.3. The number of halogens is 1. The molecule has 4 heterocycles. The van der Waals surface area contributed by atoms with E-state index >= 15 is 0 Å². The van der Waals surface area contributed by atoms with Gasteiger partial charge in [-0.05, 0) is 31.9 Å². The highest BCUT2D eigenvalue weighted by Gasteiger charge is 2.63. The van der Waals surface area contributed by atoms with Crippen molar-refractivity contribution in [2.24, 2.45) is 5.41 Å². The van der Waals surface area contributed by atoms with E-state index < -0.39 is 35.4 Å². The molecule has 0 aliphatic carbocycles. The smallest absolute Gasteiger partial charge is 0.328 e. The normalized spacial score (nSPS) is 25.7. The molecule has 174 valence electrons. The summed E-state index contributed by atoms with van der Waals surface area (Å²) in [5.41, 5.74) is 1.74. The van der Waals surface area contributed by atoms with Crippen LogP contribution in [0, 0.1) is 5.41 Å². The zero-order chi connectivity index (χ0) is 23.8. The highest BCUT2D eigenvalue weighted by Crippen LogP contribution is 2.51. The molecular formula is C24H21ClN4O5. The molecule has 10 heteroatoms. The summed E-state index contributed by atoms with van der Waals surface area (Å²) < 4.78 is 11.7. The fraction of sp³-hybridized carbons (Fsp3) is 0.333. The summed E-state index contributed by atoms with van der Waals surface area (Å²) in [4.78, 5) is 40.5. The third-order valence-electron chi connectivity index (χ3n) is 7.01. The zero-order valence-corrected chi connectivity index (χ0v) is 19.2. The maximum atomic E-state index is 13.3. The van der Waals surface area contributed by atoms with Gasteiger partial charge in [-0.25, -0.2) is 4.79 Å². The van der Waals surface area contributed by atoms with Crippen LogP contribution in [-0.4, -0.2) is 47.8 Å². The fourth-order valence-electron chi connectivity index (χ4n) is 5.75. The van der Waals surface area contributed by atoms with Crippen LogP contribution >= 0.6 is 11.6 Å². The summed E-state index contributed by atoms with van der Waals surface area (Å²) in [6, 6.07) is 9.94. The Balaban J connectivity index is 1.61. The number of nitrogens with one attached hydrogen (secondary N) is 2. The van der Waals surface area contributed by atoms with Gasteiger partial charge in [0.25, 0.3) is 0 Å². The van der Waals surface area contributed by atoms with Crippen LogP contribution in [0.15, 0.2) is 40.9 Å². The highest BCUT2D eigenvalue weighted by atomic mass is 35.5. The number of carbonyl (C=O) groups is 3. The summed E-state index contributed by atoms with van der Waals surface area (Å²) in [6.45, 7) is 4.15. The van der Waals surface area contributed by atoms with E-state index in [1.54, 1.807) is 0 Å². The second-order valence-electron chi connectivity index (χ2n) is 9.11. The molecule has 9 nitrogen and oxygen atoms in total. The van der Waals surface area contributed by atoms with Crippen molar-refractivity contribution in [2.75, 3.05) is 11.4 Å². The van der Waals surface area contributed by atoms with Crippen LogP contribution in [0.4, 0.5) is 10.5 Å². The van der Waals surface area contributed by atoms with E-state index in [2.05, 4.69) is 15.8 Å². The molecule has 6 rings (SSSR count). The quantitative estimate of drug-likeness (QED) is 0.514. The van der Waals surface area contributed by atoms with Crippen molar-refractivity contribution in [1.82, 2.24) is 15.8 Å². The Morgan fingerprint density at radius 2 is 1.82 bits per heavy atom. The van der Waals surface area contributed by atoms with Crippen molar-refractivity contribution in [3.63, 3.8) is 0 Å². The lowest BCUT2D eigenvalue weighted by Gasteiger charge is -2.55. The van der Waals surface area contributed by atoms with E-state index in [4.69, 9.17) is 20.9 Å². The Morgan fingerprint density at radius 1 is 1.12 bits per heavy atom. The molecule has 1 aromatic heterocycles. The molecule has 2 fully saturated rings. The van der Waals surface area contributed by atoms with E-state index in [1.807, 2.05) is 55.1 Å². The Kier molecular flexibility index (Phi) is 4.53. The van der Waals surface area contributed by atoms with Crippen LogP contribution in [0.25, 0.3) is 22.2 Å². The first kappa shape index (κ1) is 21.1. The van der Waals surface area contributed by atoms with Gasteiger partial charge in [-0.1, -0.05) is 47.1 Å². The molecule has 2 saturated heterocycles. The van der Waals surface area contributed by atoms with Gasteiger partial charge in [0, 0.05) is 12.1 Å². The fourth-order valence-corrected chi connectivity index (χ4v) is 6.12. The lowest BCUT2D eigenvalue weighted by atomic mass is 9.66. The van der Waals surface area contributed by atoms with Crippen molar-refractivity contribution in [1.29, 1.82) is 0 Å². The van der Waals surface area contributed by atoms with E-state index in [-0.39, 0.29) is 12.5 Å². The van der Waals surface area contributed by atoms with Crippen molar-refractivity contribution in [2.45, 2.75) is 38.5 Å². The first-order valence-corrected chi connectivity index (χ1v) is 11.4. The number of carbonyl (C=O) groups excluding carboxylic acids is 3. The van der Waals surface area contributed by atoms with Crippen LogP contribution < -0.4 is 15.5 Å². The number of barbiturate groups is 1. The van der Waals surface area contributed by atoms with Crippen LogP contribution in [0.5, 0.6) is 0 Å². The van der Waals surface area contributed by atoms with Gasteiger partial charge in [0.05, 0.1) is 29.3 Å². The third kappa shape index (κ3) is 2.77. The minimum atomic E-state index is -1.57. The van der Waals surface area contributed by atoms with Crippen molar-refractivity contribution >= 4 is 46.1 Å². The maximum absolute atomic E-state index is 13.3. The van der Waals surface area contributed by atoms with Crippen molar-refractivity contribution in [3.05, 3.63) is 47.0 Å². The summed E-state index contributed by atoms with van der Waals surface area (Å²) in [6.07, 6.45) is -0.610. The summed E-state index contributed by atoms with van der Waals surface area (Å²) >= 11 is 6.93. The largest absolute Gasteiger partial charge is 0.372 e. The number of urea groups is 1. The van der Waals surface area contributed by atoms with Gasteiger partial charge in [0.2, 0.25) is 11.8 Å². The lowest BCUT2D eigenvalue weighted by molar-refractivity contribution is -0.153. The number of hydrogen-bond donors (Lipinski definition) is 2. The highest BCUT2D eigenvalue weighted by molar-refractivity contribution is 6.38. The molecule has 0 unspecified atom stereocenters. The van der Waals surface area contributed by atoms with Gasteiger partial charge >= 0.3 is 6.03 Å². The predicted molar refractivity (Wildman–Crippen MR) is 123 cm³/mol. The molecule has 0 saturated carbocycles. The summed E-state index contributed by atoms with van der Waals surface area (Å²) in [5, 5.41) is 9.91. The van der Waals surface area contributed by atoms with E-state index in [0.29, 0.717) is 39.5 Å². The zero-order valence-electron chi connectivity index (χ0n) is 18.4. The van der Waals surface area contributed by atoms with Gasteiger partial charge < -0.3 is 14.2 Å². The number of amides is 4. The summed E-state index contributed by atoms with van der Waals surface area (Å²) in [5.74, 6) is -1.28. The molecule has 2 N–H and O–H groups in total. The molecule has 0 bridgehead atoms. The van der Waals surface area contributed by atoms with Crippen LogP contribution in [0.3, 0.4) is 0 Å². The number of anilines is 1. The number of morpholine rings is 1. The Labute approximate surface area is 199 Å². The standard InChI is InChI=1S/C24H21ClN4O5/c1-11-10-29-18-14(8-15-17(13-6-4-3-5-7-13)28-34-19(15)16(18)25)9-24(20(29)12(2)33-11)21(30)26-23(32)27-22(24)31/h3-8,11-12,20H,9-10H2,1-2H3,(H2,26,27,30,31,32)/t11-,12+,20-/m1/s1. The lowest BCUT2D eigenvalue weighted by Crippen LogP contribution is -2.75. The Hall–Kier alpha value is -3.43. The number of aromatic nitrogens is 1. The number of hydrogen-bond acceptors (Lipinski definition) is 7. The molecule has 4 amide bonds. The number of benzene rings is 2. The van der Waals surface area contributed by atoms with Gasteiger partial charge in [0.1, 0.15) is 10.7 Å². The van der Waals surface area contributed by atoms with Gasteiger partial charge in [-0.2, -0.15) is 0 Å². The van der Waals surface area contributed by atoms with Gasteiger partial charge in [-0.3, -0.25) is 20.2 Å². The molecule has 3 aromatic rings. The van der Waals surface area contributed by atoms with E-state index in [0.717, 1.165) is 5.56 Å². The second-order valence-corrected chi connectivity index (χ2v) is 9.48. The van der Waals surface area contributed by atoms with E-state index in [1.165, 1.54) is 0 Å².